The van der Waals surface area contributed by atoms with Crippen molar-refractivity contribution in [2.75, 3.05) is 19.0 Å². The van der Waals surface area contributed by atoms with Crippen LogP contribution in [0.15, 0.2) is 36.7 Å². The molecule has 1 aliphatic rings. The van der Waals surface area contributed by atoms with Crippen molar-refractivity contribution >= 4 is 28.9 Å². The quantitative estimate of drug-likeness (QED) is 0.245. The second-order valence-electron chi connectivity index (χ2n) is 9.88. The van der Waals surface area contributed by atoms with Crippen LogP contribution in [0.5, 0.6) is 5.88 Å². The molecule has 1 aromatic carbocycles. The monoisotopic (exact) mass is 524 g/mol. The van der Waals surface area contributed by atoms with Gasteiger partial charge in [-0.2, -0.15) is 4.98 Å². The van der Waals surface area contributed by atoms with Gasteiger partial charge in [0.1, 0.15) is 10.6 Å². The first-order valence-electron chi connectivity index (χ1n) is 12.9. The third-order valence-corrected chi connectivity index (χ3v) is 8.27. The number of esters is 1. The Balaban J connectivity index is 1.44. The first-order chi connectivity index (χ1) is 17.8. The number of aromatic nitrogens is 3. The Labute approximate surface area is 222 Å². The zero-order chi connectivity index (χ0) is 26.4. The van der Waals surface area contributed by atoms with Crippen molar-refractivity contribution in [3.8, 4) is 16.3 Å². The molecule has 2 heterocycles. The molecule has 2 N–H and O–H groups in total. The van der Waals surface area contributed by atoms with Crippen LogP contribution in [0.4, 0.5) is 11.6 Å². The number of ether oxygens (including phenoxy) is 2. The third kappa shape index (κ3) is 6.64. The summed E-state index contributed by atoms with van der Waals surface area (Å²) in [7, 11) is 1.57. The molecule has 198 valence electrons. The van der Waals surface area contributed by atoms with Crippen LogP contribution in [-0.2, 0) is 15.1 Å². The number of rotatable bonds is 10. The highest BCUT2D eigenvalue weighted by Crippen LogP contribution is 2.43. The molecule has 0 radical (unpaired) electrons. The molecular weight excluding hydrogens is 488 g/mol. The summed E-state index contributed by atoms with van der Waals surface area (Å²) in [5, 5.41) is 15.5. The van der Waals surface area contributed by atoms with Crippen LogP contribution in [-0.4, -0.2) is 39.7 Å². The van der Waals surface area contributed by atoms with Crippen LogP contribution >= 0.6 is 11.3 Å². The van der Waals surface area contributed by atoms with Crippen molar-refractivity contribution in [2.45, 2.75) is 64.9 Å². The number of unbranched alkanes of at least 4 members (excludes halogenated alkanes) is 1. The molecule has 0 saturated heterocycles. The molecule has 0 amide bonds. The van der Waals surface area contributed by atoms with Crippen LogP contribution in [0.3, 0.4) is 0 Å². The number of carbonyl (C=O) groups is 1. The predicted octanol–water partition coefficient (Wildman–Crippen LogP) is 6.02. The standard InChI is InChI=1S/C28H36N4O4S/c1-5-6-13-36-25(33)19-7-9-21(10-8-19)28(3,34)26-30-17-23(37-26)20-14-18(2)15-22(16-20)31-27-29-12-11-24(32-27)35-4/h11-12,14-17,19,21,34H,5-10,13H2,1-4H3,(H,29,31,32). The van der Waals surface area contributed by atoms with E-state index in [1.165, 1.54) is 11.3 Å². The first-order valence-corrected chi connectivity index (χ1v) is 13.7. The summed E-state index contributed by atoms with van der Waals surface area (Å²) in [5.74, 6) is 0.829. The van der Waals surface area contributed by atoms with E-state index in [0.717, 1.165) is 60.2 Å². The summed E-state index contributed by atoms with van der Waals surface area (Å²) in [6, 6.07) is 7.84. The summed E-state index contributed by atoms with van der Waals surface area (Å²) < 4.78 is 10.6. The van der Waals surface area contributed by atoms with E-state index in [0.29, 0.717) is 23.4 Å². The van der Waals surface area contributed by atoms with Crippen molar-refractivity contribution in [3.63, 3.8) is 0 Å². The number of aliphatic hydroxyl groups is 1. The maximum atomic E-state index is 12.3. The molecule has 1 saturated carbocycles. The highest BCUT2D eigenvalue weighted by molar-refractivity contribution is 7.15. The van der Waals surface area contributed by atoms with Crippen molar-refractivity contribution in [2.24, 2.45) is 11.8 Å². The average molecular weight is 525 g/mol. The molecule has 1 unspecified atom stereocenters. The summed E-state index contributed by atoms with van der Waals surface area (Å²) in [4.78, 5) is 26.5. The highest BCUT2D eigenvalue weighted by Gasteiger charge is 2.40. The summed E-state index contributed by atoms with van der Waals surface area (Å²) in [6.45, 7) is 6.46. The molecule has 3 aromatic rings. The van der Waals surface area contributed by atoms with E-state index >= 15 is 0 Å². The highest BCUT2D eigenvalue weighted by atomic mass is 32.1. The molecule has 0 spiro atoms. The maximum absolute atomic E-state index is 12.3. The van der Waals surface area contributed by atoms with Gasteiger partial charge in [0, 0.05) is 24.1 Å². The van der Waals surface area contributed by atoms with Crippen molar-refractivity contribution < 1.29 is 19.4 Å². The average Bonchev–Trinajstić information content (AvgIpc) is 3.40. The van der Waals surface area contributed by atoms with Gasteiger partial charge in [-0.15, -0.1) is 11.3 Å². The molecule has 9 heteroatoms. The van der Waals surface area contributed by atoms with Crippen LogP contribution < -0.4 is 10.1 Å². The lowest BCUT2D eigenvalue weighted by Crippen LogP contribution is -2.36. The minimum Gasteiger partial charge on any atom is -0.481 e. The fraction of sp³-hybridized carbons (Fsp3) is 0.500. The zero-order valence-electron chi connectivity index (χ0n) is 22.0. The molecule has 0 bridgehead atoms. The molecule has 1 fully saturated rings. The number of thiazole rings is 1. The van der Waals surface area contributed by atoms with Gasteiger partial charge in [0.05, 0.1) is 24.5 Å². The van der Waals surface area contributed by atoms with Gasteiger partial charge in [-0.25, -0.2) is 9.97 Å². The van der Waals surface area contributed by atoms with Crippen LogP contribution in [0, 0.1) is 18.8 Å². The zero-order valence-corrected chi connectivity index (χ0v) is 22.8. The van der Waals surface area contributed by atoms with Crippen molar-refractivity contribution in [1.82, 2.24) is 15.0 Å². The normalized spacial score (nSPS) is 19.2. The van der Waals surface area contributed by atoms with E-state index in [9.17, 15) is 9.90 Å². The Morgan fingerprint density at radius 3 is 2.73 bits per heavy atom. The number of benzene rings is 1. The molecule has 2 aromatic heterocycles. The molecule has 4 rings (SSSR count). The number of methoxy groups -OCH3 is 1. The summed E-state index contributed by atoms with van der Waals surface area (Å²) >= 11 is 1.51. The SMILES string of the molecule is CCCCOC(=O)C1CCC(C(C)(O)c2ncc(-c3cc(C)cc(Nc4nccc(OC)n4)c3)s2)CC1. The van der Waals surface area contributed by atoms with Gasteiger partial charge in [-0.1, -0.05) is 19.4 Å². The van der Waals surface area contributed by atoms with Crippen molar-refractivity contribution in [3.05, 3.63) is 47.2 Å². The first kappa shape index (κ1) is 27.0. The fourth-order valence-electron chi connectivity index (χ4n) is 4.79. The number of nitrogens with zero attached hydrogens (tertiary/aromatic N) is 3. The van der Waals surface area contributed by atoms with Gasteiger partial charge in [0.25, 0.3) is 0 Å². The van der Waals surface area contributed by atoms with E-state index in [-0.39, 0.29) is 17.8 Å². The third-order valence-electron chi connectivity index (χ3n) is 6.99. The van der Waals surface area contributed by atoms with E-state index in [2.05, 4.69) is 33.3 Å². The summed E-state index contributed by atoms with van der Waals surface area (Å²) in [6.07, 6.45) is 8.40. The lowest BCUT2D eigenvalue weighted by molar-refractivity contribution is -0.151. The number of aryl methyl sites for hydroxylation is 1. The number of hydrogen-bond acceptors (Lipinski definition) is 9. The minimum absolute atomic E-state index is 0.0474. The Morgan fingerprint density at radius 2 is 2.00 bits per heavy atom. The van der Waals surface area contributed by atoms with E-state index in [1.54, 1.807) is 19.4 Å². The second-order valence-corrected chi connectivity index (χ2v) is 10.9. The molecule has 1 aliphatic carbocycles. The topological polar surface area (TPSA) is 106 Å². The van der Waals surface area contributed by atoms with Gasteiger partial charge in [0.2, 0.25) is 11.8 Å². The van der Waals surface area contributed by atoms with Crippen LogP contribution in [0.1, 0.15) is 62.9 Å². The Hall–Kier alpha value is -3.04. The van der Waals surface area contributed by atoms with Gasteiger partial charge >= 0.3 is 5.97 Å². The van der Waals surface area contributed by atoms with E-state index < -0.39 is 5.60 Å². The molecule has 37 heavy (non-hydrogen) atoms. The van der Waals surface area contributed by atoms with Gasteiger partial charge in [-0.3, -0.25) is 4.79 Å². The Morgan fingerprint density at radius 1 is 1.22 bits per heavy atom. The molecule has 0 aliphatic heterocycles. The second kappa shape index (κ2) is 12.0. The van der Waals surface area contributed by atoms with E-state index in [4.69, 9.17) is 9.47 Å². The van der Waals surface area contributed by atoms with Gasteiger partial charge in [-0.05, 0) is 75.1 Å². The number of hydrogen-bond donors (Lipinski definition) is 2. The Bertz CT molecular complexity index is 1200. The van der Waals surface area contributed by atoms with Gasteiger partial charge < -0.3 is 19.9 Å². The number of nitrogens with one attached hydrogen (secondary N) is 1. The maximum Gasteiger partial charge on any atom is 0.308 e. The number of anilines is 2. The molecular formula is C28H36N4O4S. The van der Waals surface area contributed by atoms with Crippen LogP contribution in [0.25, 0.3) is 10.4 Å². The predicted molar refractivity (Wildman–Crippen MR) is 145 cm³/mol. The molecule has 1 atom stereocenters. The fourth-order valence-corrected chi connectivity index (χ4v) is 5.81. The molecule has 8 nitrogen and oxygen atoms in total. The largest absolute Gasteiger partial charge is 0.481 e. The lowest BCUT2D eigenvalue weighted by atomic mass is 9.74. The summed E-state index contributed by atoms with van der Waals surface area (Å²) in [5.41, 5.74) is 1.88. The Kier molecular flexibility index (Phi) is 8.76. The minimum atomic E-state index is -1.06. The lowest BCUT2D eigenvalue weighted by Gasteiger charge is -2.36. The van der Waals surface area contributed by atoms with Crippen LogP contribution in [0.2, 0.25) is 0 Å². The van der Waals surface area contributed by atoms with Crippen molar-refractivity contribution in [1.29, 1.82) is 0 Å². The number of carbonyl (C=O) groups excluding carboxylic acids is 1. The smallest absolute Gasteiger partial charge is 0.308 e. The van der Waals surface area contributed by atoms with E-state index in [1.807, 2.05) is 32.2 Å². The van der Waals surface area contributed by atoms with Gasteiger partial charge in [0.15, 0.2) is 0 Å².